The molecule has 1 aromatic rings. The number of piperidine rings is 1. The van der Waals surface area contributed by atoms with Crippen LogP contribution in [0, 0.1) is 5.92 Å². The van der Waals surface area contributed by atoms with E-state index in [1.165, 1.54) is 0 Å². The number of anilines is 2. The van der Waals surface area contributed by atoms with Crippen LogP contribution in [0.15, 0.2) is 18.2 Å². The summed E-state index contributed by atoms with van der Waals surface area (Å²) >= 11 is 6.24. The van der Waals surface area contributed by atoms with Gasteiger partial charge in [0.25, 0.3) is 0 Å². The maximum Gasteiger partial charge on any atom is 0.321 e. The Balaban J connectivity index is 1.31. The van der Waals surface area contributed by atoms with Crippen LogP contribution in [0.25, 0.3) is 0 Å². The Kier molecular flexibility index (Phi) is 7.59. The second-order valence-corrected chi connectivity index (χ2v) is 9.53. The van der Waals surface area contributed by atoms with Crippen LogP contribution in [0.4, 0.5) is 16.2 Å². The third-order valence-corrected chi connectivity index (χ3v) is 6.70. The molecule has 2 atom stereocenters. The fraction of sp³-hybridized carbons (Fsp3) is 0.696. The highest BCUT2D eigenvalue weighted by molar-refractivity contribution is 6.31. The van der Waals surface area contributed by atoms with Crippen molar-refractivity contribution in [3.8, 4) is 0 Å². The molecule has 2 unspecified atom stereocenters. The minimum absolute atomic E-state index is 0.0381. The summed E-state index contributed by atoms with van der Waals surface area (Å²) in [5.41, 5.74) is 1.78. The van der Waals surface area contributed by atoms with Crippen LogP contribution in [0.5, 0.6) is 0 Å². The van der Waals surface area contributed by atoms with Crippen LogP contribution in [-0.2, 0) is 9.47 Å². The van der Waals surface area contributed by atoms with Crippen LogP contribution < -0.4 is 10.2 Å². The predicted octanol–water partition coefficient (Wildman–Crippen LogP) is 3.53. The second kappa shape index (κ2) is 10.4. The molecule has 2 amide bonds. The zero-order valence-corrected chi connectivity index (χ0v) is 19.4. The van der Waals surface area contributed by atoms with Gasteiger partial charge in [-0.2, -0.15) is 0 Å². The van der Waals surface area contributed by atoms with Crippen molar-refractivity contribution in [3.05, 3.63) is 23.2 Å². The molecule has 0 radical (unpaired) electrons. The minimum atomic E-state index is -0.0381. The number of ether oxygens (including phenoxy) is 2. The van der Waals surface area contributed by atoms with E-state index in [0.29, 0.717) is 36.4 Å². The molecule has 1 N–H and O–H groups in total. The van der Waals surface area contributed by atoms with E-state index in [-0.39, 0.29) is 6.03 Å². The number of hydrogen-bond acceptors (Lipinski definition) is 5. The Morgan fingerprint density at radius 2 is 1.77 bits per heavy atom. The van der Waals surface area contributed by atoms with Gasteiger partial charge in [0.15, 0.2) is 0 Å². The lowest BCUT2D eigenvalue weighted by Crippen LogP contribution is -2.49. The lowest BCUT2D eigenvalue weighted by Gasteiger charge is -2.39. The SMILES string of the molecule is CC1CN(CC2CCN(C(=O)Nc3cc(Cl)ccc3N3CCOCC3)CC2)CC(C)O1. The van der Waals surface area contributed by atoms with E-state index in [2.05, 4.69) is 29.0 Å². The Morgan fingerprint density at radius 1 is 1.10 bits per heavy atom. The highest BCUT2D eigenvalue weighted by atomic mass is 35.5. The molecule has 3 heterocycles. The zero-order chi connectivity index (χ0) is 21.8. The van der Waals surface area contributed by atoms with E-state index in [1.54, 1.807) is 0 Å². The van der Waals surface area contributed by atoms with Crippen molar-refractivity contribution >= 4 is 29.0 Å². The van der Waals surface area contributed by atoms with Crippen LogP contribution >= 0.6 is 11.6 Å². The highest BCUT2D eigenvalue weighted by Crippen LogP contribution is 2.30. The van der Waals surface area contributed by atoms with Crippen molar-refractivity contribution in [1.29, 1.82) is 0 Å². The molecular formula is C23H35ClN4O3. The molecule has 0 saturated carbocycles. The van der Waals surface area contributed by atoms with Gasteiger partial charge in [0.05, 0.1) is 36.8 Å². The first-order valence-electron chi connectivity index (χ1n) is 11.5. The quantitative estimate of drug-likeness (QED) is 0.760. The summed E-state index contributed by atoms with van der Waals surface area (Å²) in [4.78, 5) is 19.7. The molecule has 3 fully saturated rings. The van der Waals surface area contributed by atoms with Gasteiger partial charge in [0.2, 0.25) is 0 Å². The van der Waals surface area contributed by atoms with E-state index in [4.69, 9.17) is 21.1 Å². The summed E-state index contributed by atoms with van der Waals surface area (Å²) in [6.07, 6.45) is 2.68. The summed E-state index contributed by atoms with van der Waals surface area (Å²) in [6, 6.07) is 5.67. The number of halogens is 1. The van der Waals surface area contributed by atoms with E-state index in [0.717, 1.165) is 70.0 Å². The van der Waals surface area contributed by atoms with Gasteiger partial charge in [-0.15, -0.1) is 0 Å². The van der Waals surface area contributed by atoms with Gasteiger partial charge in [-0.05, 0) is 50.8 Å². The topological polar surface area (TPSA) is 57.3 Å². The summed E-state index contributed by atoms with van der Waals surface area (Å²) in [5, 5.41) is 3.74. The lowest BCUT2D eigenvalue weighted by molar-refractivity contribution is -0.0728. The number of rotatable bonds is 4. The number of morpholine rings is 2. The average molecular weight is 451 g/mol. The third kappa shape index (κ3) is 6.04. The maximum absolute atomic E-state index is 13.0. The fourth-order valence-corrected chi connectivity index (χ4v) is 5.17. The smallest absolute Gasteiger partial charge is 0.321 e. The number of urea groups is 1. The largest absolute Gasteiger partial charge is 0.378 e. The maximum atomic E-state index is 13.0. The number of benzene rings is 1. The van der Waals surface area contributed by atoms with Crippen molar-refractivity contribution in [2.24, 2.45) is 5.92 Å². The van der Waals surface area contributed by atoms with E-state index in [1.807, 2.05) is 23.1 Å². The first-order valence-corrected chi connectivity index (χ1v) is 11.9. The molecule has 3 aliphatic heterocycles. The van der Waals surface area contributed by atoms with Gasteiger partial charge in [0.1, 0.15) is 0 Å². The summed E-state index contributed by atoms with van der Waals surface area (Å²) in [7, 11) is 0. The summed E-state index contributed by atoms with van der Waals surface area (Å²) in [5.74, 6) is 0.636. The van der Waals surface area contributed by atoms with Crippen molar-refractivity contribution < 1.29 is 14.3 Å². The highest BCUT2D eigenvalue weighted by Gasteiger charge is 2.28. The Hall–Kier alpha value is -1.54. The molecule has 4 rings (SSSR count). The van der Waals surface area contributed by atoms with E-state index >= 15 is 0 Å². The summed E-state index contributed by atoms with van der Waals surface area (Å²) in [6.45, 7) is 12.0. The van der Waals surface area contributed by atoms with Crippen LogP contribution in [0.2, 0.25) is 5.02 Å². The molecule has 8 heteroatoms. The lowest BCUT2D eigenvalue weighted by atomic mass is 9.96. The number of nitrogens with zero attached hydrogens (tertiary/aromatic N) is 3. The van der Waals surface area contributed by atoms with Gasteiger partial charge in [-0.1, -0.05) is 11.6 Å². The number of hydrogen-bond donors (Lipinski definition) is 1. The molecule has 3 aliphatic rings. The van der Waals surface area contributed by atoms with Crippen molar-refractivity contribution in [3.63, 3.8) is 0 Å². The Bertz CT molecular complexity index is 740. The first-order chi connectivity index (χ1) is 15.0. The van der Waals surface area contributed by atoms with Crippen molar-refractivity contribution in [2.75, 3.05) is 69.2 Å². The molecule has 172 valence electrons. The monoisotopic (exact) mass is 450 g/mol. The first kappa shape index (κ1) is 22.6. The third-order valence-electron chi connectivity index (χ3n) is 6.47. The van der Waals surface area contributed by atoms with Gasteiger partial charge >= 0.3 is 6.03 Å². The fourth-order valence-electron chi connectivity index (χ4n) is 5.00. The number of carbonyl (C=O) groups excluding carboxylic acids is 1. The van der Waals surface area contributed by atoms with Crippen molar-refractivity contribution in [1.82, 2.24) is 9.80 Å². The Labute approximate surface area is 190 Å². The molecule has 0 aromatic heterocycles. The van der Waals surface area contributed by atoms with E-state index in [9.17, 15) is 4.79 Å². The minimum Gasteiger partial charge on any atom is -0.378 e. The van der Waals surface area contributed by atoms with Crippen LogP contribution in [0.3, 0.4) is 0 Å². The van der Waals surface area contributed by atoms with E-state index < -0.39 is 0 Å². The normalized spacial score (nSPS) is 26.2. The van der Waals surface area contributed by atoms with Crippen LogP contribution in [0.1, 0.15) is 26.7 Å². The number of carbonyl (C=O) groups is 1. The number of likely N-dealkylation sites (tertiary alicyclic amines) is 1. The number of amides is 2. The predicted molar refractivity (Wildman–Crippen MR) is 124 cm³/mol. The van der Waals surface area contributed by atoms with Gasteiger partial charge in [-0.3, -0.25) is 4.90 Å². The number of nitrogens with one attached hydrogen (secondary N) is 1. The molecule has 0 spiro atoms. The van der Waals surface area contributed by atoms with Crippen molar-refractivity contribution in [2.45, 2.75) is 38.9 Å². The van der Waals surface area contributed by atoms with Gasteiger partial charge in [-0.25, -0.2) is 4.79 Å². The molecule has 0 aliphatic carbocycles. The molecule has 31 heavy (non-hydrogen) atoms. The van der Waals surface area contributed by atoms with Gasteiger partial charge < -0.3 is 24.6 Å². The second-order valence-electron chi connectivity index (χ2n) is 9.10. The van der Waals surface area contributed by atoms with Gasteiger partial charge in [0, 0.05) is 50.8 Å². The molecule has 3 saturated heterocycles. The average Bonchev–Trinajstić information content (AvgIpc) is 2.74. The molecule has 0 bridgehead atoms. The van der Waals surface area contributed by atoms with Crippen LogP contribution in [-0.4, -0.2) is 87.1 Å². The molecule has 7 nitrogen and oxygen atoms in total. The molecular weight excluding hydrogens is 416 g/mol. The standard InChI is InChI=1S/C23H35ClN4O3/c1-17-14-26(15-18(2)31-17)16-19-5-7-28(8-6-19)23(29)25-21-13-20(24)3-4-22(21)27-9-11-30-12-10-27/h3-4,13,17-19H,5-12,14-16H2,1-2H3,(H,25,29). The summed E-state index contributed by atoms with van der Waals surface area (Å²) < 4.78 is 11.3. The molecule has 1 aromatic carbocycles. The zero-order valence-electron chi connectivity index (χ0n) is 18.7. The Morgan fingerprint density at radius 3 is 2.45 bits per heavy atom.